The Morgan fingerprint density at radius 2 is 1.88 bits per heavy atom. The van der Waals surface area contributed by atoms with Gasteiger partial charge in [0.15, 0.2) is 5.60 Å². The van der Waals surface area contributed by atoms with Crippen molar-refractivity contribution in [3.63, 3.8) is 0 Å². The number of rotatable bonds is 6. The van der Waals surface area contributed by atoms with E-state index in [0.29, 0.717) is 13.0 Å². The fraction of sp³-hybridized carbons (Fsp3) is 0.632. The number of β-amino-alcohol motifs (C(OH)–C–C–N with tert-alkyl or cyclic N) is 1. The molecular formula is C19H28N2O2S. The van der Waals surface area contributed by atoms with Crippen LogP contribution in [0.2, 0.25) is 0 Å². The van der Waals surface area contributed by atoms with E-state index in [0.717, 1.165) is 56.9 Å². The zero-order chi connectivity index (χ0) is 16.8. The van der Waals surface area contributed by atoms with Crippen molar-refractivity contribution in [3.05, 3.63) is 35.9 Å². The minimum atomic E-state index is -1.17. The standard InChI is InChI=1S/C19H28N2O2S/c22-18-19(23,16-20-12-14-24-15-13-20)9-5-11-21(18)10-4-8-17-6-2-1-3-7-17/h1-3,6-7,23H,4-5,8-16H2. The van der Waals surface area contributed by atoms with Crippen molar-refractivity contribution in [3.8, 4) is 0 Å². The first-order valence-corrected chi connectivity index (χ1v) is 10.2. The first-order chi connectivity index (χ1) is 11.7. The molecule has 1 N–H and O–H groups in total. The molecule has 0 spiro atoms. The van der Waals surface area contributed by atoms with Crippen molar-refractivity contribution in [2.45, 2.75) is 31.3 Å². The van der Waals surface area contributed by atoms with Gasteiger partial charge >= 0.3 is 0 Å². The lowest BCUT2D eigenvalue weighted by atomic mass is 9.90. The minimum absolute atomic E-state index is 0.0555. The number of amides is 1. The number of aryl methyl sites for hydroxylation is 1. The predicted molar refractivity (Wildman–Crippen MR) is 99.3 cm³/mol. The van der Waals surface area contributed by atoms with Crippen LogP contribution in [0.3, 0.4) is 0 Å². The van der Waals surface area contributed by atoms with Gasteiger partial charge in [-0.25, -0.2) is 0 Å². The highest BCUT2D eigenvalue weighted by Crippen LogP contribution is 2.25. The average Bonchev–Trinajstić information content (AvgIpc) is 2.61. The van der Waals surface area contributed by atoms with Crippen LogP contribution >= 0.6 is 11.8 Å². The molecular weight excluding hydrogens is 320 g/mol. The number of likely N-dealkylation sites (tertiary alicyclic amines) is 1. The molecule has 2 fully saturated rings. The fourth-order valence-electron chi connectivity index (χ4n) is 3.67. The maximum Gasteiger partial charge on any atom is 0.255 e. The summed E-state index contributed by atoms with van der Waals surface area (Å²) in [7, 11) is 0. The number of carbonyl (C=O) groups excluding carboxylic acids is 1. The molecule has 1 aromatic carbocycles. The Morgan fingerprint density at radius 3 is 2.62 bits per heavy atom. The van der Waals surface area contributed by atoms with Crippen molar-refractivity contribution >= 4 is 17.7 Å². The van der Waals surface area contributed by atoms with Gasteiger partial charge in [-0.05, 0) is 31.2 Å². The van der Waals surface area contributed by atoms with Gasteiger partial charge in [-0.2, -0.15) is 11.8 Å². The van der Waals surface area contributed by atoms with Crippen molar-refractivity contribution in [1.82, 2.24) is 9.80 Å². The molecule has 5 heteroatoms. The largest absolute Gasteiger partial charge is 0.379 e. The second kappa shape index (κ2) is 8.37. The summed E-state index contributed by atoms with van der Waals surface area (Å²) in [6, 6.07) is 10.4. The topological polar surface area (TPSA) is 43.8 Å². The van der Waals surface area contributed by atoms with E-state index in [1.807, 2.05) is 22.7 Å². The Bertz CT molecular complexity index is 533. The van der Waals surface area contributed by atoms with Crippen LogP contribution in [0.5, 0.6) is 0 Å². The molecule has 2 saturated heterocycles. The van der Waals surface area contributed by atoms with Gasteiger partial charge in [0.25, 0.3) is 5.91 Å². The molecule has 2 aliphatic heterocycles. The van der Waals surface area contributed by atoms with Gasteiger partial charge in [-0.15, -0.1) is 0 Å². The number of benzene rings is 1. The van der Waals surface area contributed by atoms with Crippen LogP contribution in [-0.4, -0.2) is 70.6 Å². The summed E-state index contributed by atoms with van der Waals surface area (Å²) >= 11 is 1.95. The highest BCUT2D eigenvalue weighted by Gasteiger charge is 2.43. The minimum Gasteiger partial charge on any atom is -0.379 e. The fourth-order valence-corrected chi connectivity index (χ4v) is 4.65. The summed E-state index contributed by atoms with van der Waals surface area (Å²) in [4.78, 5) is 16.9. The van der Waals surface area contributed by atoms with Crippen LogP contribution in [0.25, 0.3) is 0 Å². The summed E-state index contributed by atoms with van der Waals surface area (Å²) in [6.07, 6.45) is 3.43. The third-order valence-electron chi connectivity index (χ3n) is 5.03. The Morgan fingerprint density at radius 1 is 1.12 bits per heavy atom. The van der Waals surface area contributed by atoms with E-state index in [-0.39, 0.29) is 5.91 Å². The summed E-state index contributed by atoms with van der Waals surface area (Å²) in [6.45, 7) is 3.99. The van der Waals surface area contributed by atoms with Crippen molar-refractivity contribution < 1.29 is 9.90 Å². The van der Waals surface area contributed by atoms with Gasteiger partial charge in [0, 0.05) is 44.2 Å². The molecule has 1 atom stereocenters. The number of thioether (sulfide) groups is 1. The third kappa shape index (κ3) is 4.52. The number of aliphatic hydroxyl groups is 1. The molecule has 3 rings (SSSR count). The van der Waals surface area contributed by atoms with Gasteiger partial charge in [0.1, 0.15) is 0 Å². The normalized spacial score (nSPS) is 25.9. The molecule has 24 heavy (non-hydrogen) atoms. The van der Waals surface area contributed by atoms with E-state index in [1.165, 1.54) is 5.56 Å². The molecule has 4 nitrogen and oxygen atoms in total. The van der Waals surface area contributed by atoms with Gasteiger partial charge in [0.2, 0.25) is 0 Å². The van der Waals surface area contributed by atoms with E-state index in [4.69, 9.17) is 0 Å². The van der Waals surface area contributed by atoms with E-state index < -0.39 is 5.60 Å². The molecule has 1 unspecified atom stereocenters. The van der Waals surface area contributed by atoms with Crippen LogP contribution in [0.4, 0.5) is 0 Å². The molecule has 0 radical (unpaired) electrons. The van der Waals surface area contributed by atoms with Crippen LogP contribution in [0, 0.1) is 0 Å². The summed E-state index contributed by atoms with van der Waals surface area (Å²) in [5.74, 6) is 2.15. The lowest BCUT2D eigenvalue weighted by Gasteiger charge is -2.41. The van der Waals surface area contributed by atoms with Gasteiger partial charge in [-0.3, -0.25) is 9.69 Å². The zero-order valence-corrected chi connectivity index (χ0v) is 15.1. The van der Waals surface area contributed by atoms with Crippen molar-refractivity contribution in [2.24, 2.45) is 0 Å². The quantitative estimate of drug-likeness (QED) is 0.854. The molecule has 0 aliphatic carbocycles. The maximum atomic E-state index is 12.8. The number of hydrogen-bond donors (Lipinski definition) is 1. The van der Waals surface area contributed by atoms with Crippen LogP contribution in [0.1, 0.15) is 24.8 Å². The number of nitrogens with zero attached hydrogens (tertiary/aromatic N) is 2. The average molecular weight is 349 g/mol. The summed E-state index contributed by atoms with van der Waals surface area (Å²) < 4.78 is 0. The molecule has 1 amide bonds. The zero-order valence-electron chi connectivity index (χ0n) is 14.3. The molecule has 1 aromatic rings. The van der Waals surface area contributed by atoms with E-state index in [1.54, 1.807) is 0 Å². The smallest absolute Gasteiger partial charge is 0.255 e. The lowest BCUT2D eigenvalue weighted by Crippen LogP contribution is -2.59. The molecule has 0 saturated carbocycles. The Kier molecular flexibility index (Phi) is 6.19. The van der Waals surface area contributed by atoms with Crippen LogP contribution in [0.15, 0.2) is 30.3 Å². The van der Waals surface area contributed by atoms with E-state index in [9.17, 15) is 9.90 Å². The van der Waals surface area contributed by atoms with Gasteiger partial charge in [0.05, 0.1) is 0 Å². The highest BCUT2D eigenvalue weighted by molar-refractivity contribution is 7.99. The molecule has 2 heterocycles. The van der Waals surface area contributed by atoms with Crippen LogP contribution in [-0.2, 0) is 11.2 Å². The number of piperidine rings is 1. The summed E-state index contributed by atoms with van der Waals surface area (Å²) in [5, 5.41) is 10.9. The molecule has 2 aliphatic rings. The third-order valence-corrected chi connectivity index (χ3v) is 5.97. The highest BCUT2D eigenvalue weighted by atomic mass is 32.2. The Labute approximate surface area is 149 Å². The lowest BCUT2D eigenvalue weighted by molar-refractivity contribution is -0.159. The monoisotopic (exact) mass is 348 g/mol. The maximum absolute atomic E-state index is 12.8. The second-order valence-electron chi connectivity index (χ2n) is 6.91. The van der Waals surface area contributed by atoms with Crippen molar-refractivity contribution in [2.75, 3.05) is 44.2 Å². The van der Waals surface area contributed by atoms with Gasteiger partial charge in [-0.1, -0.05) is 30.3 Å². The number of carbonyl (C=O) groups is 1. The van der Waals surface area contributed by atoms with Crippen molar-refractivity contribution in [1.29, 1.82) is 0 Å². The molecule has 0 aromatic heterocycles. The molecule has 0 bridgehead atoms. The van der Waals surface area contributed by atoms with Gasteiger partial charge < -0.3 is 10.0 Å². The first-order valence-electron chi connectivity index (χ1n) is 9.03. The Hall–Kier alpha value is -1.04. The Balaban J connectivity index is 1.51. The second-order valence-corrected chi connectivity index (χ2v) is 8.13. The summed E-state index contributed by atoms with van der Waals surface area (Å²) in [5.41, 5.74) is 0.135. The SMILES string of the molecule is O=C1N(CCCc2ccccc2)CCCC1(O)CN1CCSCC1. The predicted octanol–water partition coefficient (Wildman–Crippen LogP) is 2.02. The van der Waals surface area contributed by atoms with Crippen LogP contribution < -0.4 is 0 Å². The first kappa shape index (κ1) is 17.8. The number of hydrogen-bond acceptors (Lipinski definition) is 4. The van der Waals surface area contributed by atoms with E-state index >= 15 is 0 Å². The molecule has 132 valence electrons. The van der Waals surface area contributed by atoms with E-state index in [2.05, 4.69) is 29.2 Å².